The van der Waals surface area contributed by atoms with Crippen LogP contribution in [0, 0.1) is 0 Å². The molecule has 0 saturated carbocycles. The van der Waals surface area contributed by atoms with E-state index in [2.05, 4.69) is 15.9 Å². The van der Waals surface area contributed by atoms with Gasteiger partial charge in [-0.25, -0.2) is 0 Å². The molecule has 20 heavy (non-hydrogen) atoms. The molecule has 106 valence electrons. The monoisotopic (exact) mass is 340 g/mol. The molecule has 1 aromatic carbocycles. The third-order valence-electron chi connectivity index (χ3n) is 3.24. The minimum Gasteiger partial charge on any atom is -0.481 e. The van der Waals surface area contributed by atoms with Crippen molar-refractivity contribution < 1.29 is 19.5 Å². The van der Waals surface area contributed by atoms with Crippen LogP contribution in [-0.2, 0) is 16.1 Å². The third kappa shape index (κ3) is 2.82. The van der Waals surface area contributed by atoms with Gasteiger partial charge in [-0.1, -0.05) is 15.9 Å². The second-order valence-electron chi connectivity index (χ2n) is 4.59. The quantitative estimate of drug-likeness (QED) is 0.838. The maximum absolute atomic E-state index is 12.3. The molecular weight excluding hydrogens is 328 g/mol. The van der Waals surface area contributed by atoms with Crippen molar-refractivity contribution in [2.24, 2.45) is 5.73 Å². The van der Waals surface area contributed by atoms with Crippen molar-refractivity contribution in [1.82, 2.24) is 4.90 Å². The number of primary amides is 1. The van der Waals surface area contributed by atoms with E-state index in [1.807, 2.05) is 6.07 Å². The predicted octanol–water partition coefficient (Wildman–Crippen LogP) is 1.12. The van der Waals surface area contributed by atoms with Gasteiger partial charge in [0, 0.05) is 23.0 Å². The standard InChI is InChI=1S/C13H13BrN2O4/c14-8-1-2-9-7(5-8)6-16(13(9)20)10(12(15)19)3-4-11(17)18/h1-2,5,10H,3-4,6H2,(H2,15,19)(H,17,18)/t10-/m0/s1. The highest BCUT2D eigenvalue weighted by Crippen LogP contribution is 2.28. The zero-order chi connectivity index (χ0) is 14.9. The van der Waals surface area contributed by atoms with Gasteiger partial charge in [0.1, 0.15) is 6.04 Å². The van der Waals surface area contributed by atoms with Gasteiger partial charge in [-0.3, -0.25) is 14.4 Å². The molecule has 1 atom stereocenters. The Bertz CT molecular complexity index is 588. The van der Waals surface area contributed by atoms with Crippen LogP contribution in [0.5, 0.6) is 0 Å². The number of nitrogens with zero attached hydrogens (tertiary/aromatic N) is 1. The topological polar surface area (TPSA) is 101 Å². The SMILES string of the molecule is NC(=O)[C@H](CCC(=O)O)N1Cc2cc(Br)ccc2C1=O. The molecule has 7 heteroatoms. The summed E-state index contributed by atoms with van der Waals surface area (Å²) in [5, 5.41) is 8.70. The molecule has 1 aromatic rings. The second kappa shape index (κ2) is 5.62. The van der Waals surface area contributed by atoms with Crippen LogP contribution in [0.3, 0.4) is 0 Å². The number of carbonyl (C=O) groups excluding carboxylic acids is 2. The molecule has 0 unspecified atom stereocenters. The third-order valence-corrected chi connectivity index (χ3v) is 3.73. The number of aliphatic carboxylic acids is 1. The van der Waals surface area contributed by atoms with Crippen LogP contribution in [0.2, 0.25) is 0 Å². The van der Waals surface area contributed by atoms with Crippen LogP contribution in [0.15, 0.2) is 22.7 Å². The number of rotatable bonds is 5. The summed E-state index contributed by atoms with van der Waals surface area (Å²) in [7, 11) is 0. The first-order valence-corrected chi connectivity index (χ1v) is 6.80. The van der Waals surface area contributed by atoms with Crippen molar-refractivity contribution in [3.05, 3.63) is 33.8 Å². The van der Waals surface area contributed by atoms with Gasteiger partial charge in [-0.2, -0.15) is 0 Å². The van der Waals surface area contributed by atoms with Crippen LogP contribution in [0.25, 0.3) is 0 Å². The number of carbonyl (C=O) groups is 3. The summed E-state index contributed by atoms with van der Waals surface area (Å²) in [6.07, 6.45) is -0.191. The van der Waals surface area contributed by atoms with Gasteiger partial charge in [-0.05, 0) is 30.2 Å². The maximum Gasteiger partial charge on any atom is 0.303 e. The first kappa shape index (κ1) is 14.5. The molecule has 1 aliphatic heterocycles. The Morgan fingerprint density at radius 1 is 1.45 bits per heavy atom. The lowest BCUT2D eigenvalue weighted by Crippen LogP contribution is -2.45. The van der Waals surface area contributed by atoms with E-state index >= 15 is 0 Å². The molecular formula is C13H13BrN2O4. The smallest absolute Gasteiger partial charge is 0.303 e. The summed E-state index contributed by atoms with van der Waals surface area (Å²) >= 11 is 3.32. The van der Waals surface area contributed by atoms with Crippen LogP contribution < -0.4 is 5.73 Å². The summed E-state index contributed by atoms with van der Waals surface area (Å²) in [6.45, 7) is 0.265. The first-order valence-electron chi connectivity index (χ1n) is 6.00. The lowest BCUT2D eigenvalue weighted by molar-refractivity contribution is -0.137. The number of amides is 2. The average Bonchev–Trinajstić information content (AvgIpc) is 2.66. The molecule has 2 amide bonds. The molecule has 6 nitrogen and oxygen atoms in total. The van der Waals surface area contributed by atoms with E-state index in [9.17, 15) is 14.4 Å². The van der Waals surface area contributed by atoms with Gasteiger partial charge in [-0.15, -0.1) is 0 Å². The van der Waals surface area contributed by atoms with E-state index in [1.54, 1.807) is 12.1 Å². The minimum absolute atomic E-state index is 0.0194. The molecule has 0 bridgehead atoms. The molecule has 0 saturated heterocycles. The lowest BCUT2D eigenvalue weighted by Gasteiger charge is -2.24. The number of hydrogen-bond acceptors (Lipinski definition) is 3. The van der Waals surface area contributed by atoms with Crippen molar-refractivity contribution >= 4 is 33.7 Å². The molecule has 0 fully saturated rings. The fourth-order valence-corrected chi connectivity index (χ4v) is 2.68. The zero-order valence-electron chi connectivity index (χ0n) is 10.5. The van der Waals surface area contributed by atoms with E-state index in [1.165, 1.54) is 4.90 Å². The zero-order valence-corrected chi connectivity index (χ0v) is 12.1. The molecule has 2 rings (SSSR count). The molecule has 1 aliphatic rings. The van der Waals surface area contributed by atoms with Crippen LogP contribution in [0.4, 0.5) is 0 Å². The van der Waals surface area contributed by atoms with Crippen molar-refractivity contribution in [2.75, 3.05) is 0 Å². The number of nitrogens with two attached hydrogens (primary N) is 1. The van der Waals surface area contributed by atoms with Gasteiger partial charge in [0.25, 0.3) is 5.91 Å². The highest BCUT2D eigenvalue weighted by atomic mass is 79.9. The number of hydrogen-bond donors (Lipinski definition) is 2. The van der Waals surface area contributed by atoms with E-state index in [0.29, 0.717) is 5.56 Å². The predicted molar refractivity (Wildman–Crippen MR) is 73.9 cm³/mol. The largest absolute Gasteiger partial charge is 0.481 e. The van der Waals surface area contributed by atoms with E-state index in [0.717, 1.165) is 10.0 Å². The summed E-state index contributed by atoms with van der Waals surface area (Å²) in [6, 6.07) is 4.33. The highest BCUT2D eigenvalue weighted by Gasteiger charge is 2.35. The Morgan fingerprint density at radius 2 is 2.15 bits per heavy atom. The van der Waals surface area contributed by atoms with E-state index in [-0.39, 0.29) is 25.3 Å². The van der Waals surface area contributed by atoms with Gasteiger partial charge in [0.05, 0.1) is 0 Å². The summed E-state index contributed by atoms with van der Waals surface area (Å²) < 4.78 is 0.840. The second-order valence-corrected chi connectivity index (χ2v) is 5.50. The summed E-state index contributed by atoms with van der Waals surface area (Å²) in [5.41, 5.74) is 6.61. The number of fused-ring (bicyclic) bond motifs is 1. The Balaban J connectivity index is 2.22. The molecule has 0 radical (unpaired) electrons. The molecule has 0 aromatic heterocycles. The molecule has 0 spiro atoms. The normalized spacial score (nSPS) is 15.1. The van der Waals surface area contributed by atoms with E-state index in [4.69, 9.17) is 10.8 Å². The fourth-order valence-electron chi connectivity index (χ4n) is 2.28. The highest BCUT2D eigenvalue weighted by molar-refractivity contribution is 9.10. The van der Waals surface area contributed by atoms with Crippen LogP contribution in [0.1, 0.15) is 28.8 Å². The Hall–Kier alpha value is -1.89. The van der Waals surface area contributed by atoms with Crippen molar-refractivity contribution in [1.29, 1.82) is 0 Å². The number of carboxylic acid groups (broad SMARTS) is 1. The molecule has 0 aliphatic carbocycles. The minimum atomic E-state index is -1.02. The Labute approximate surface area is 123 Å². The van der Waals surface area contributed by atoms with Crippen molar-refractivity contribution in [3.63, 3.8) is 0 Å². The average molecular weight is 341 g/mol. The van der Waals surface area contributed by atoms with Gasteiger partial charge < -0.3 is 15.7 Å². The van der Waals surface area contributed by atoms with Gasteiger partial charge in [0.15, 0.2) is 0 Å². The summed E-state index contributed by atoms with van der Waals surface area (Å²) in [5.74, 6) is -2.00. The molecule has 1 heterocycles. The number of benzene rings is 1. The number of carboxylic acids is 1. The maximum atomic E-state index is 12.3. The first-order chi connectivity index (χ1) is 9.40. The lowest BCUT2D eigenvalue weighted by atomic mass is 10.1. The number of halogens is 1. The fraction of sp³-hybridized carbons (Fsp3) is 0.308. The van der Waals surface area contributed by atoms with E-state index < -0.39 is 17.9 Å². The van der Waals surface area contributed by atoms with Gasteiger partial charge >= 0.3 is 5.97 Å². The Morgan fingerprint density at radius 3 is 2.75 bits per heavy atom. The van der Waals surface area contributed by atoms with Crippen molar-refractivity contribution in [3.8, 4) is 0 Å². The Kier molecular flexibility index (Phi) is 4.08. The van der Waals surface area contributed by atoms with Crippen molar-refractivity contribution in [2.45, 2.75) is 25.4 Å². The van der Waals surface area contributed by atoms with Crippen LogP contribution in [-0.4, -0.2) is 33.8 Å². The summed E-state index contributed by atoms with van der Waals surface area (Å²) in [4.78, 5) is 35.7. The van der Waals surface area contributed by atoms with Crippen LogP contribution >= 0.6 is 15.9 Å². The molecule has 3 N–H and O–H groups in total. The van der Waals surface area contributed by atoms with Gasteiger partial charge in [0.2, 0.25) is 5.91 Å².